The van der Waals surface area contributed by atoms with E-state index in [-0.39, 0.29) is 29.7 Å². The summed E-state index contributed by atoms with van der Waals surface area (Å²) in [5.74, 6) is -0.710. The zero-order chi connectivity index (χ0) is 19.7. The monoisotopic (exact) mass is 386 g/mol. The Morgan fingerprint density at radius 2 is 1.71 bits per heavy atom. The van der Waals surface area contributed by atoms with Crippen molar-refractivity contribution in [2.45, 2.75) is 25.6 Å². The first-order chi connectivity index (χ1) is 13.5. The molecule has 2 saturated heterocycles. The number of hydrogen-bond acceptors (Lipinski definition) is 4. The van der Waals surface area contributed by atoms with Gasteiger partial charge < -0.3 is 4.90 Å². The van der Waals surface area contributed by atoms with Gasteiger partial charge >= 0.3 is 0 Å². The number of benzene rings is 2. The molecule has 2 aliphatic rings. The highest BCUT2D eigenvalue weighted by Gasteiger charge is 2.32. The summed E-state index contributed by atoms with van der Waals surface area (Å²) >= 11 is 0. The number of rotatable bonds is 3. The maximum atomic E-state index is 13.8. The van der Waals surface area contributed by atoms with Gasteiger partial charge in [0.2, 0.25) is 0 Å². The molecular weight excluding hydrogens is 362 g/mol. The van der Waals surface area contributed by atoms with Gasteiger partial charge in [-0.15, -0.1) is 0 Å². The van der Waals surface area contributed by atoms with Crippen molar-refractivity contribution in [3.8, 4) is 0 Å². The standard InChI is InChI=1S/C21H24F2N4O/c1-14-2-3-16(12-18(14)23)21(28)27-10-8-26(9-11-27)20-13-19(24-25-20)15-4-6-17(22)7-5-15/h2-7,12,19-20,24-25H,8-11,13H2,1H3. The molecule has 0 radical (unpaired) electrons. The van der Waals surface area contributed by atoms with Crippen LogP contribution in [0.1, 0.15) is 33.9 Å². The van der Waals surface area contributed by atoms with Crippen LogP contribution in [-0.2, 0) is 0 Å². The maximum absolute atomic E-state index is 13.8. The van der Waals surface area contributed by atoms with E-state index in [1.165, 1.54) is 18.2 Å². The molecule has 2 aliphatic heterocycles. The Morgan fingerprint density at radius 1 is 1.00 bits per heavy atom. The first kappa shape index (κ1) is 19.0. The van der Waals surface area contributed by atoms with E-state index in [1.807, 2.05) is 0 Å². The Morgan fingerprint density at radius 3 is 2.39 bits per heavy atom. The summed E-state index contributed by atoms with van der Waals surface area (Å²) in [4.78, 5) is 16.7. The van der Waals surface area contributed by atoms with Crippen LogP contribution in [0.15, 0.2) is 42.5 Å². The smallest absolute Gasteiger partial charge is 0.254 e. The van der Waals surface area contributed by atoms with E-state index in [1.54, 1.807) is 36.1 Å². The van der Waals surface area contributed by atoms with Crippen molar-refractivity contribution in [2.75, 3.05) is 26.2 Å². The van der Waals surface area contributed by atoms with Gasteiger partial charge in [-0.2, -0.15) is 0 Å². The lowest BCUT2D eigenvalue weighted by molar-refractivity contribution is 0.0544. The molecule has 0 aliphatic carbocycles. The van der Waals surface area contributed by atoms with E-state index in [0.29, 0.717) is 24.2 Å². The lowest BCUT2D eigenvalue weighted by atomic mass is 10.0. The molecule has 2 N–H and O–H groups in total. The highest BCUT2D eigenvalue weighted by molar-refractivity contribution is 5.94. The van der Waals surface area contributed by atoms with Crippen LogP contribution in [0.5, 0.6) is 0 Å². The lowest BCUT2D eigenvalue weighted by Gasteiger charge is -2.37. The number of hydrazine groups is 1. The summed E-state index contributed by atoms with van der Waals surface area (Å²) in [6.45, 7) is 4.39. The topological polar surface area (TPSA) is 47.6 Å². The van der Waals surface area contributed by atoms with E-state index >= 15 is 0 Å². The fourth-order valence-corrected chi connectivity index (χ4v) is 3.84. The molecule has 2 atom stereocenters. The minimum atomic E-state index is -0.349. The minimum absolute atomic E-state index is 0.125. The SMILES string of the molecule is Cc1ccc(C(=O)N2CCN(C3CC(c4ccc(F)cc4)NN3)CC2)cc1F. The molecule has 2 heterocycles. The normalized spacial score (nSPS) is 23.2. The summed E-state index contributed by atoms with van der Waals surface area (Å²) < 4.78 is 26.9. The predicted molar refractivity (Wildman–Crippen MR) is 102 cm³/mol. The molecule has 2 aromatic carbocycles. The third-order valence-corrected chi connectivity index (χ3v) is 5.62. The zero-order valence-electron chi connectivity index (χ0n) is 15.8. The molecule has 1 amide bonds. The number of nitrogens with one attached hydrogen (secondary N) is 2. The van der Waals surface area contributed by atoms with Crippen molar-refractivity contribution in [1.29, 1.82) is 0 Å². The molecule has 2 aromatic rings. The van der Waals surface area contributed by atoms with Crippen LogP contribution in [0.2, 0.25) is 0 Å². The van der Waals surface area contributed by atoms with Gasteiger partial charge in [0.15, 0.2) is 0 Å². The number of hydrogen-bond donors (Lipinski definition) is 2. The van der Waals surface area contributed by atoms with Crippen molar-refractivity contribution in [3.63, 3.8) is 0 Å². The third kappa shape index (κ3) is 3.92. The van der Waals surface area contributed by atoms with Crippen molar-refractivity contribution in [2.24, 2.45) is 0 Å². The van der Waals surface area contributed by atoms with Crippen molar-refractivity contribution in [1.82, 2.24) is 20.7 Å². The number of nitrogens with zero attached hydrogens (tertiary/aromatic N) is 2. The second-order valence-corrected chi connectivity index (χ2v) is 7.44. The first-order valence-electron chi connectivity index (χ1n) is 9.57. The largest absolute Gasteiger partial charge is 0.336 e. The van der Waals surface area contributed by atoms with Crippen molar-refractivity contribution >= 4 is 5.91 Å². The Balaban J connectivity index is 1.32. The van der Waals surface area contributed by atoms with E-state index in [4.69, 9.17) is 0 Å². The van der Waals surface area contributed by atoms with E-state index in [9.17, 15) is 13.6 Å². The van der Waals surface area contributed by atoms with Crippen LogP contribution in [0.4, 0.5) is 8.78 Å². The molecule has 4 rings (SSSR count). The quantitative estimate of drug-likeness (QED) is 0.851. The molecular formula is C21H24F2N4O. The molecule has 2 unspecified atom stereocenters. The third-order valence-electron chi connectivity index (χ3n) is 5.62. The lowest BCUT2D eigenvalue weighted by Crippen LogP contribution is -2.55. The second-order valence-electron chi connectivity index (χ2n) is 7.44. The first-order valence-corrected chi connectivity index (χ1v) is 9.57. The minimum Gasteiger partial charge on any atom is -0.336 e. The van der Waals surface area contributed by atoms with Gasteiger partial charge in [0.05, 0.1) is 6.17 Å². The maximum Gasteiger partial charge on any atom is 0.254 e. The Hall–Kier alpha value is -2.35. The summed E-state index contributed by atoms with van der Waals surface area (Å²) in [6.07, 6.45) is 1.02. The van der Waals surface area contributed by atoms with Crippen LogP contribution < -0.4 is 10.9 Å². The van der Waals surface area contributed by atoms with Gasteiger partial charge in [0.1, 0.15) is 11.6 Å². The second kappa shape index (κ2) is 7.95. The molecule has 28 heavy (non-hydrogen) atoms. The number of piperazine rings is 1. The molecule has 0 spiro atoms. The van der Waals surface area contributed by atoms with Gasteiger partial charge in [-0.1, -0.05) is 18.2 Å². The van der Waals surface area contributed by atoms with Crippen molar-refractivity contribution in [3.05, 3.63) is 70.8 Å². The highest BCUT2D eigenvalue weighted by atomic mass is 19.1. The fraction of sp³-hybridized carbons (Fsp3) is 0.381. The van der Waals surface area contributed by atoms with Crippen LogP contribution in [0, 0.1) is 18.6 Å². The number of halogens is 2. The number of carbonyl (C=O) groups is 1. The van der Waals surface area contributed by atoms with Crippen LogP contribution in [0.3, 0.4) is 0 Å². The molecule has 148 valence electrons. The number of aryl methyl sites for hydroxylation is 1. The Kier molecular flexibility index (Phi) is 5.39. The van der Waals surface area contributed by atoms with Crippen LogP contribution >= 0.6 is 0 Å². The molecule has 0 saturated carbocycles. The van der Waals surface area contributed by atoms with Gasteiger partial charge in [0.25, 0.3) is 5.91 Å². The van der Waals surface area contributed by atoms with E-state index in [0.717, 1.165) is 25.1 Å². The van der Waals surface area contributed by atoms with E-state index in [2.05, 4.69) is 15.8 Å². The molecule has 7 heteroatoms. The highest BCUT2D eigenvalue weighted by Crippen LogP contribution is 2.25. The van der Waals surface area contributed by atoms with Gasteiger partial charge in [-0.05, 0) is 48.7 Å². The van der Waals surface area contributed by atoms with Gasteiger partial charge in [-0.25, -0.2) is 19.6 Å². The Labute approximate surface area is 163 Å². The molecule has 0 aromatic heterocycles. The molecule has 0 bridgehead atoms. The number of carbonyl (C=O) groups excluding carboxylic acids is 1. The summed E-state index contributed by atoms with van der Waals surface area (Å²) in [7, 11) is 0. The van der Waals surface area contributed by atoms with Gasteiger partial charge in [-0.3, -0.25) is 9.69 Å². The van der Waals surface area contributed by atoms with Gasteiger partial charge in [0, 0.05) is 37.8 Å². The predicted octanol–water partition coefficient (Wildman–Crippen LogP) is 2.60. The zero-order valence-corrected chi connectivity index (χ0v) is 15.8. The fourth-order valence-electron chi connectivity index (χ4n) is 3.84. The average Bonchev–Trinajstić information content (AvgIpc) is 3.20. The van der Waals surface area contributed by atoms with Crippen LogP contribution in [0.25, 0.3) is 0 Å². The number of amides is 1. The summed E-state index contributed by atoms with van der Waals surface area (Å²) in [5.41, 5.74) is 8.57. The Bertz CT molecular complexity index is 850. The summed E-state index contributed by atoms with van der Waals surface area (Å²) in [6, 6.07) is 11.3. The molecule has 5 nitrogen and oxygen atoms in total. The summed E-state index contributed by atoms with van der Waals surface area (Å²) in [5, 5.41) is 0. The van der Waals surface area contributed by atoms with E-state index < -0.39 is 0 Å². The average molecular weight is 386 g/mol. The van der Waals surface area contributed by atoms with Crippen molar-refractivity contribution < 1.29 is 13.6 Å². The van der Waals surface area contributed by atoms with Crippen LogP contribution in [-0.4, -0.2) is 48.1 Å². The molecule has 2 fully saturated rings.